The van der Waals surface area contributed by atoms with Crippen molar-refractivity contribution in [3.8, 4) is 11.8 Å². The van der Waals surface area contributed by atoms with Crippen LogP contribution in [-0.2, 0) is 0 Å². The average molecular weight is 289 g/mol. The van der Waals surface area contributed by atoms with E-state index in [1.165, 1.54) is 23.5 Å². The Kier molecular flexibility index (Phi) is 4.51. The normalized spacial score (nSPS) is 9.75. The highest BCUT2D eigenvalue weighted by atomic mass is 32.1. The van der Waals surface area contributed by atoms with Crippen molar-refractivity contribution in [2.75, 3.05) is 11.9 Å². The van der Waals surface area contributed by atoms with E-state index in [0.29, 0.717) is 15.4 Å². The van der Waals surface area contributed by atoms with E-state index in [1.54, 1.807) is 25.1 Å². The largest absolute Gasteiger partial charge is 0.384 e. The lowest BCUT2D eigenvalue weighted by molar-refractivity contribution is 0.103. The van der Waals surface area contributed by atoms with Gasteiger partial charge in [0, 0.05) is 5.69 Å². The fourth-order valence-corrected chi connectivity index (χ4v) is 2.43. The highest BCUT2D eigenvalue weighted by Crippen LogP contribution is 2.19. The molecule has 0 spiro atoms. The Bertz CT molecular complexity index is 677. The molecule has 0 fully saturated rings. The summed E-state index contributed by atoms with van der Waals surface area (Å²) in [5, 5.41) is 11.2. The van der Waals surface area contributed by atoms with Crippen molar-refractivity contribution in [3.05, 3.63) is 51.5 Å². The number of rotatable bonds is 2. The van der Waals surface area contributed by atoms with Gasteiger partial charge in [-0.15, -0.1) is 11.3 Å². The molecule has 0 radical (unpaired) electrons. The molecule has 1 aromatic carbocycles. The molecule has 2 aromatic rings. The number of carbonyl (C=O) groups excluding carboxylic acids is 1. The van der Waals surface area contributed by atoms with Gasteiger partial charge < -0.3 is 10.4 Å². The zero-order valence-electron chi connectivity index (χ0n) is 10.7. The first-order valence-electron chi connectivity index (χ1n) is 5.86. The zero-order valence-corrected chi connectivity index (χ0v) is 11.6. The molecule has 20 heavy (non-hydrogen) atoms. The zero-order chi connectivity index (χ0) is 14.5. The number of hydrogen-bond donors (Lipinski definition) is 2. The van der Waals surface area contributed by atoms with Crippen LogP contribution in [0.5, 0.6) is 0 Å². The Labute approximate surface area is 120 Å². The maximum absolute atomic E-state index is 13.2. The second-order valence-corrected chi connectivity index (χ2v) is 5.18. The van der Waals surface area contributed by atoms with Gasteiger partial charge in [-0.25, -0.2) is 4.39 Å². The number of nitrogens with one attached hydrogen (secondary N) is 1. The van der Waals surface area contributed by atoms with E-state index in [2.05, 4.69) is 17.2 Å². The number of aliphatic hydroxyl groups is 1. The van der Waals surface area contributed by atoms with Gasteiger partial charge in [0.2, 0.25) is 0 Å². The van der Waals surface area contributed by atoms with Gasteiger partial charge in [-0.1, -0.05) is 11.8 Å². The summed E-state index contributed by atoms with van der Waals surface area (Å²) in [6.45, 7) is 1.54. The van der Waals surface area contributed by atoms with Gasteiger partial charge in [0.1, 0.15) is 12.4 Å². The number of aliphatic hydroxyl groups excluding tert-OH is 1. The molecule has 3 nitrogen and oxygen atoms in total. The third kappa shape index (κ3) is 3.67. The van der Waals surface area contributed by atoms with Crippen molar-refractivity contribution < 1.29 is 14.3 Å². The van der Waals surface area contributed by atoms with Crippen LogP contribution in [0.4, 0.5) is 10.1 Å². The highest BCUT2D eigenvalue weighted by molar-refractivity contribution is 7.14. The lowest BCUT2D eigenvalue weighted by Crippen LogP contribution is -2.10. The summed E-state index contributed by atoms with van der Waals surface area (Å²) in [5.41, 5.74) is 1.16. The number of aryl methyl sites for hydroxylation is 1. The smallest absolute Gasteiger partial charge is 0.265 e. The predicted octanol–water partition coefficient (Wildman–Crippen LogP) is 2.79. The minimum absolute atomic E-state index is 0.220. The summed E-state index contributed by atoms with van der Waals surface area (Å²) in [6.07, 6.45) is 0. The maximum Gasteiger partial charge on any atom is 0.265 e. The van der Waals surface area contributed by atoms with Crippen molar-refractivity contribution in [1.82, 2.24) is 0 Å². The molecule has 2 rings (SSSR count). The van der Waals surface area contributed by atoms with Gasteiger partial charge in [-0.3, -0.25) is 4.79 Å². The van der Waals surface area contributed by atoms with Crippen molar-refractivity contribution in [2.24, 2.45) is 0 Å². The van der Waals surface area contributed by atoms with Crippen molar-refractivity contribution in [1.29, 1.82) is 0 Å². The average Bonchev–Trinajstić information content (AvgIpc) is 2.83. The van der Waals surface area contributed by atoms with Crippen LogP contribution in [0.1, 0.15) is 20.1 Å². The molecule has 1 amide bonds. The number of hydrogen-bond acceptors (Lipinski definition) is 3. The van der Waals surface area contributed by atoms with Gasteiger partial charge in [-0.05, 0) is 42.8 Å². The molecule has 0 atom stereocenters. The van der Waals surface area contributed by atoms with Crippen LogP contribution in [-0.4, -0.2) is 17.6 Å². The first-order chi connectivity index (χ1) is 9.58. The summed E-state index contributed by atoms with van der Waals surface area (Å²) in [6, 6.07) is 7.71. The number of halogens is 1. The van der Waals surface area contributed by atoms with Crippen LogP contribution in [0.25, 0.3) is 0 Å². The van der Waals surface area contributed by atoms with E-state index in [9.17, 15) is 9.18 Å². The van der Waals surface area contributed by atoms with E-state index in [1.807, 2.05) is 0 Å². The van der Waals surface area contributed by atoms with E-state index >= 15 is 0 Å². The second-order valence-electron chi connectivity index (χ2n) is 4.10. The minimum Gasteiger partial charge on any atom is -0.384 e. The van der Waals surface area contributed by atoms with Crippen molar-refractivity contribution >= 4 is 22.9 Å². The van der Waals surface area contributed by atoms with E-state index in [-0.39, 0.29) is 18.3 Å². The Morgan fingerprint density at radius 1 is 1.40 bits per heavy atom. The maximum atomic E-state index is 13.2. The molecule has 5 heteroatoms. The molecule has 0 aliphatic carbocycles. The Morgan fingerprint density at radius 3 is 2.90 bits per heavy atom. The summed E-state index contributed by atoms with van der Waals surface area (Å²) in [4.78, 5) is 13.2. The Morgan fingerprint density at radius 2 is 2.20 bits per heavy atom. The summed E-state index contributed by atoms with van der Waals surface area (Å²) < 4.78 is 13.2. The van der Waals surface area contributed by atoms with Gasteiger partial charge in [0.15, 0.2) is 0 Å². The second kappa shape index (κ2) is 6.33. The molecular formula is C15H12FNO2S. The molecule has 102 valence electrons. The molecule has 0 aliphatic heterocycles. The standard InChI is InChI=1S/C15H12FNO2S/c1-10-7-11(16)9-12(8-10)17-15(19)14-5-4-13(20-14)3-2-6-18/h4-5,7-9,18H,6H2,1H3,(H,17,19). The molecule has 0 aliphatic rings. The third-order valence-corrected chi connectivity index (χ3v) is 3.42. The van der Waals surface area contributed by atoms with Crippen LogP contribution < -0.4 is 5.32 Å². The van der Waals surface area contributed by atoms with Gasteiger partial charge >= 0.3 is 0 Å². The third-order valence-electron chi connectivity index (χ3n) is 2.42. The van der Waals surface area contributed by atoms with Crippen LogP contribution in [0.2, 0.25) is 0 Å². The number of thiophene rings is 1. The topological polar surface area (TPSA) is 49.3 Å². The van der Waals surface area contributed by atoms with Crippen molar-refractivity contribution in [2.45, 2.75) is 6.92 Å². The van der Waals surface area contributed by atoms with Crippen LogP contribution in [0.3, 0.4) is 0 Å². The van der Waals surface area contributed by atoms with Gasteiger partial charge in [-0.2, -0.15) is 0 Å². The lowest BCUT2D eigenvalue weighted by atomic mass is 10.2. The fraction of sp³-hybridized carbons (Fsp3) is 0.133. The Hall–Kier alpha value is -2.16. The van der Waals surface area contributed by atoms with Gasteiger partial charge in [0.05, 0.1) is 9.75 Å². The summed E-state index contributed by atoms with van der Waals surface area (Å²) in [5.74, 6) is 4.55. The predicted molar refractivity (Wildman–Crippen MR) is 77.4 cm³/mol. The highest BCUT2D eigenvalue weighted by Gasteiger charge is 2.09. The SMILES string of the molecule is Cc1cc(F)cc(NC(=O)c2ccc(C#CCO)s2)c1. The fourth-order valence-electron chi connectivity index (χ4n) is 1.65. The minimum atomic E-state index is -0.388. The lowest BCUT2D eigenvalue weighted by Gasteiger charge is -2.04. The molecule has 1 heterocycles. The van der Waals surface area contributed by atoms with Crippen LogP contribution >= 0.6 is 11.3 Å². The van der Waals surface area contributed by atoms with Crippen LogP contribution in [0, 0.1) is 24.6 Å². The van der Waals surface area contributed by atoms with E-state index in [4.69, 9.17) is 5.11 Å². The monoisotopic (exact) mass is 289 g/mol. The number of anilines is 1. The molecule has 0 bridgehead atoms. The van der Waals surface area contributed by atoms with Crippen LogP contribution in [0.15, 0.2) is 30.3 Å². The molecule has 1 aromatic heterocycles. The number of carbonyl (C=O) groups is 1. The number of amides is 1. The van der Waals surface area contributed by atoms with Crippen molar-refractivity contribution in [3.63, 3.8) is 0 Å². The van der Waals surface area contributed by atoms with E-state index in [0.717, 1.165) is 5.56 Å². The molecule has 0 unspecified atom stereocenters. The first-order valence-corrected chi connectivity index (χ1v) is 6.68. The molecule has 0 saturated carbocycles. The molecule has 2 N–H and O–H groups in total. The summed E-state index contributed by atoms with van der Waals surface area (Å²) >= 11 is 1.22. The molecule has 0 saturated heterocycles. The molecular weight excluding hydrogens is 277 g/mol. The van der Waals surface area contributed by atoms with E-state index < -0.39 is 0 Å². The summed E-state index contributed by atoms with van der Waals surface area (Å²) in [7, 11) is 0. The quantitative estimate of drug-likeness (QED) is 0.835. The first kappa shape index (κ1) is 14.3. The Balaban J connectivity index is 2.13. The van der Waals surface area contributed by atoms with Gasteiger partial charge in [0.25, 0.3) is 5.91 Å². The number of benzene rings is 1.